The lowest BCUT2D eigenvalue weighted by molar-refractivity contribution is 0.414. The lowest BCUT2D eigenvalue weighted by Crippen LogP contribution is -2.06. The van der Waals surface area contributed by atoms with Crippen LogP contribution in [0, 0.1) is 5.82 Å². The number of rotatable bonds is 6. The molecule has 3 N–H and O–H groups in total. The summed E-state index contributed by atoms with van der Waals surface area (Å²) < 4.78 is 20.7. The predicted octanol–water partition coefficient (Wildman–Crippen LogP) is 4.87. The molecule has 10 heteroatoms. The average molecular weight is 476 g/mol. The number of hydrogen-bond donors (Lipinski definition) is 2. The van der Waals surface area contributed by atoms with E-state index in [1.807, 2.05) is 42.5 Å². The molecule has 0 atom stereocenters. The van der Waals surface area contributed by atoms with Gasteiger partial charge in [-0.2, -0.15) is 4.98 Å². The summed E-state index contributed by atoms with van der Waals surface area (Å²) in [5.74, 6) is 0.854. The summed E-state index contributed by atoms with van der Waals surface area (Å²) in [6.07, 6.45) is 1.71. The lowest BCUT2D eigenvalue weighted by Gasteiger charge is -2.09. The van der Waals surface area contributed by atoms with E-state index in [0.717, 1.165) is 11.4 Å². The molecule has 0 aliphatic carbocycles. The van der Waals surface area contributed by atoms with Crippen molar-refractivity contribution in [1.29, 1.82) is 0 Å². The highest BCUT2D eigenvalue weighted by atomic mass is 35.5. The fourth-order valence-electron chi connectivity index (χ4n) is 3.54. The minimum Gasteiger partial charge on any atom is -0.497 e. The van der Waals surface area contributed by atoms with Gasteiger partial charge in [0.2, 0.25) is 5.95 Å². The minimum absolute atomic E-state index is 0.0200. The second kappa shape index (κ2) is 8.95. The Morgan fingerprint density at radius 1 is 1.09 bits per heavy atom. The standard InChI is InChI=1S/C24H19ClFN7O/c1-34-17-8-6-16(7-9-17)33-22(27)20-21(14-5-10-19(26)18(25)12-14)30-24(31-23(20)32-33)29-13-15-4-2-3-11-28-15/h2-12H,13,27H2,1H3,(H,29,31,32). The Morgan fingerprint density at radius 2 is 1.91 bits per heavy atom. The third-order valence-electron chi connectivity index (χ3n) is 5.23. The number of methoxy groups -OCH3 is 1. The van der Waals surface area contributed by atoms with E-state index < -0.39 is 5.82 Å². The van der Waals surface area contributed by atoms with Crippen molar-refractivity contribution in [2.45, 2.75) is 6.54 Å². The van der Waals surface area contributed by atoms with Crippen molar-refractivity contribution in [3.8, 4) is 22.7 Å². The Labute approximate surface area is 199 Å². The van der Waals surface area contributed by atoms with Gasteiger partial charge in [0.25, 0.3) is 0 Å². The van der Waals surface area contributed by atoms with Crippen LogP contribution in [0.5, 0.6) is 5.75 Å². The average Bonchev–Trinajstić information content (AvgIpc) is 3.21. The van der Waals surface area contributed by atoms with Crippen LogP contribution in [0.3, 0.4) is 0 Å². The number of fused-ring (bicyclic) bond motifs is 1. The van der Waals surface area contributed by atoms with Crippen LogP contribution in [0.4, 0.5) is 16.2 Å². The van der Waals surface area contributed by atoms with Gasteiger partial charge in [-0.3, -0.25) is 4.98 Å². The van der Waals surface area contributed by atoms with Gasteiger partial charge in [-0.1, -0.05) is 17.7 Å². The number of pyridine rings is 1. The molecule has 0 aliphatic rings. The molecule has 2 aromatic carbocycles. The summed E-state index contributed by atoms with van der Waals surface area (Å²) >= 11 is 6.06. The van der Waals surface area contributed by atoms with Crippen molar-refractivity contribution < 1.29 is 9.13 Å². The third-order valence-corrected chi connectivity index (χ3v) is 5.52. The molecule has 0 amide bonds. The number of anilines is 2. The van der Waals surface area contributed by atoms with Crippen LogP contribution in [0.15, 0.2) is 66.9 Å². The van der Waals surface area contributed by atoms with Gasteiger partial charge in [0.15, 0.2) is 5.65 Å². The Morgan fingerprint density at radius 3 is 2.62 bits per heavy atom. The molecule has 0 bridgehead atoms. The molecular weight excluding hydrogens is 457 g/mol. The van der Waals surface area contributed by atoms with Crippen molar-refractivity contribution in [3.63, 3.8) is 0 Å². The van der Waals surface area contributed by atoms with Gasteiger partial charge in [-0.15, -0.1) is 5.10 Å². The van der Waals surface area contributed by atoms with E-state index in [4.69, 9.17) is 22.1 Å². The van der Waals surface area contributed by atoms with E-state index in [1.54, 1.807) is 24.1 Å². The van der Waals surface area contributed by atoms with Crippen LogP contribution in [-0.4, -0.2) is 31.8 Å². The number of halogens is 2. The second-order valence-corrected chi connectivity index (χ2v) is 7.80. The smallest absolute Gasteiger partial charge is 0.225 e. The quantitative estimate of drug-likeness (QED) is 0.361. The third kappa shape index (κ3) is 4.08. The zero-order valence-corrected chi connectivity index (χ0v) is 18.8. The maximum atomic E-state index is 13.8. The number of aromatic nitrogens is 5. The minimum atomic E-state index is -0.522. The van der Waals surface area contributed by atoms with E-state index in [-0.39, 0.29) is 5.02 Å². The molecule has 0 saturated heterocycles. The van der Waals surface area contributed by atoms with Crippen molar-refractivity contribution >= 4 is 34.4 Å². The van der Waals surface area contributed by atoms with Gasteiger partial charge in [-0.25, -0.2) is 14.1 Å². The maximum Gasteiger partial charge on any atom is 0.225 e. The van der Waals surface area contributed by atoms with Gasteiger partial charge in [0.1, 0.15) is 17.4 Å². The van der Waals surface area contributed by atoms with Crippen LogP contribution >= 0.6 is 11.6 Å². The molecule has 0 spiro atoms. The first-order valence-corrected chi connectivity index (χ1v) is 10.7. The fraction of sp³-hybridized carbons (Fsp3) is 0.0833. The van der Waals surface area contributed by atoms with Crippen molar-refractivity contribution in [3.05, 3.63) is 83.4 Å². The topological polar surface area (TPSA) is 104 Å². The van der Waals surface area contributed by atoms with E-state index in [0.29, 0.717) is 46.4 Å². The van der Waals surface area contributed by atoms with Gasteiger partial charge in [0.05, 0.1) is 41.1 Å². The largest absolute Gasteiger partial charge is 0.497 e. The first-order valence-electron chi connectivity index (χ1n) is 10.3. The van der Waals surface area contributed by atoms with Crippen LogP contribution < -0.4 is 15.8 Å². The maximum absolute atomic E-state index is 13.8. The number of nitrogens with zero attached hydrogens (tertiary/aromatic N) is 5. The van der Waals surface area contributed by atoms with Crippen LogP contribution in [0.25, 0.3) is 28.0 Å². The SMILES string of the molecule is COc1ccc(-n2nc3nc(NCc4ccccn4)nc(-c4ccc(F)c(Cl)c4)c3c2N)cc1. The molecule has 0 aliphatic heterocycles. The van der Waals surface area contributed by atoms with Crippen molar-refractivity contribution in [1.82, 2.24) is 24.7 Å². The highest BCUT2D eigenvalue weighted by Crippen LogP contribution is 2.34. The summed E-state index contributed by atoms with van der Waals surface area (Å²) in [5, 5.41) is 8.30. The number of nitrogens with two attached hydrogens (primary N) is 1. The van der Waals surface area contributed by atoms with Crippen LogP contribution in [-0.2, 0) is 6.54 Å². The molecule has 3 heterocycles. The second-order valence-electron chi connectivity index (χ2n) is 7.39. The van der Waals surface area contributed by atoms with Crippen LogP contribution in [0.2, 0.25) is 5.02 Å². The summed E-state index contributed by atoms with van der Waals surface area (Å²) in [7, 11) is 1.60. The first-order chi connectivity index (χ1) is 16.5. The number of nitrogen functional groups attached to an aromatic ring is 1. The molecule has 5 rings (SSSR count). The Balaban J connectivity index is 1.65. The van der Waals surface area contributed by atoms with E-state index >= 15 is 0 Å². The lowest BCUT2D eigenvalue weighted by atomic mass is 10.1. The Kier molecular flexibility index (Phi) is 5.69. The monoisotopic (exact) mass is 475 g/mol. The molecule has 0 radical (unpaired) electrons. The summed E-state index contributed by atoms with van der Waals surface area (Å²) in [6.45, 7) is 0.407. The molecule has 3 aromatic heterocycles. The molecule has 5 aromatic rings. The molecule has 8 nitrogen and oxygen atoms in total. The Hall–Kier alpha value is -4.24. The first kappa shape index (κ1) is 21.6. The van der Waals surface area contributed by atoms with Gasteiger partial charge < -0.3 is 15.8 Å². The van der Waals surface area contributed by atoms with Gasteiger partial charge in [0, 0.05) is 11.8 Å². The fourth-order valence-corrected chi connectivity index (χ4v) is 3.72. The molecule has 0 fully saturated rings. The predicted molar refractivity (Wildman–Crippen MR) is 130 cm³/mol. The van der Waals surface area contributed by atoms with Gasteiger partial charge in [-0.05, 0) is 54.6 Å². The number of hydrogen-bond acceptors (Lipinski definition) is 7. The highest BCUT2D eigenvalue weighted by Gasteiger charge is 2.20. The van der Waals surface area contributed by atoms with Gasteiger partial charge >= 0.3 is 0 Å². The van der Waals surface area contributed by atoms with Crippen LogP contribution in [0.1, 0.15) is 5.69 Å². The summed E-state index contributed by atoms with van der Waals surface area (Å²) in [5.41, 5.74) is 9.50. The van der Waals surface area contributed by atoms with E-state index in [1.165, 1.54) is 12.1 Å². The Bertz CT molecular complexity index is 1470. The molecule has 0 saturated carbocycles. The zero-order valence-electron chi connectivity index (χ0n) is 18.0. The summed E-state index contributed by atoms with van der Waals surface area (Å²) in [4.78, 5) is 13.5. The van der Waals surface area contributed by atoms with E-state index in [9.17, 15) is 4.39 Å². The molecular formula is C24H19ClFN7O. The highest BCUT2D eigenvalue weighted by molar-refractivity contribution is 6.31. The zero-order chi connectivity index (χ0) is 23.7. The van der Waals surface area contributed by atoms with E-state index in [2.05, 4.69) is 25.4 Å². The normalized spacial score (nSPS) is 11.0. The number of ether oxygens (including phenoxy) is 1. The number of benzene rings is 2. The molecule has 0 unspecified atom stereocenters. The van der Waals surface area contributed by atoms with Crippen molar-refractivity contribution in [2.24, 2.45) is 0 Å². The molecule has 170 valence electrons. The summed E-state index contributed by atoms with van der Waals surface area (Å²) in [6, 6.07) is 17.3. The number of nitrogens with one attached hydrogen (secondary N) is 1. The molecule has 34 heavy (non-hydrogen) atoms. The van der Waals surface area contributed by atoms with Crippen molar-refractivity contribution in [2.75, 3.05) is 18.2 Å².